The molecule has 3 fully saturated rings. The molecule has 3 saturated heterocycles. The zero-order chi connectivity index (χ0) is 18.8. The van der Waals surface area contributed by atoms with Crippen molar-refractivity contribution in [2.24, 2.45) is 5.92 Å². The summed E-state index contributed by atoms with van der Waals surface area (Å²) in [4.78, 5) is 26.4. The number of rotatable bonds is 5. The van der Waals surface area contributed by atoms with Gasteiger partial charge < -0.3 is 4.90 Å². The minimum absolute atomic E-state index is 0.155. The predicted molar refractivity (Wildman–Crippen MR) is 106 cm³/mol. The SMILES string of the molecule is CCCN1C(=O)[C@H]2CC[C@@H]1CN(Cc1cnc(-c3ccccc3C)nc1)C2. The molecule has 4 heterocycles. The van der Waals surface area contributed by atoms with Crippen LogP contribution in [0, 0.1) is 12.8 Å². The molecule has 5 rings (SSSR count). The van der Waals surface area contributed by atoms with Crippen LogP contribution in [0.2, 0.25) is 0 Å². The van der Waals surface area contributed by atoms with Crippen LogP contribution in [0.3, 0.4) is 0 Å². The maximum Gasteiger partial charge on any atom is 0.227 e. The largest absolute Gasteiger partial charge is 0.338 e. The van der Waals surface area contributed by atoms with Crippen molar-refractivity contribution in [3.63, 3.8) is 0 Å². The molecule has 0 saturated carbocycles. The Bertz CT molecular complexity index is 804. The van der Waals surface area contributed by atoms with E-state index >= 15 is 0 Å². The van der Waals surface area contributed by atoms with Gasteiger partial charge in [0.25, 0.3) is 0 Å². The van der Waals surface area contributed by atoms with Crippen molar-refractivity contribution in [2.75, 3.05) is 19.6 Å². The van der Waals surface area contributed by atoms with Gasteiger partial charge in [0.15, 0.2) is 5.82 Å². The quantitative estimate of drug-likeness (QED) is 0.817. The summed E-state index contributed by atoms with van der Waals surface area (Å²) in [6.07, 6.45) is 7.07. The normalized spacial score (nSPS) is 22.9. The Morgan fingerprint density at radius 3 is 2.63 bits per heavy atom. The third kappa shape index (κ3) is 3.74. The molecule has 5 heteroatoms. The van der Waals surface area contributed by atoms with Gasteiger partial charge in [0.2, 0.25) is 5.91 Å². The number of piperidine rings is 1. The van der Waals surface area contributed by atoms with Gasteiger partial charge >= 0.3 is 0 Å². The first-order valence-electron chi connectivity index (χ1n) is 10.1. The zero-order valence-electron chi connectivity index (χ0n) is 16.3. The average Bonchev–Trinajstić information content (AvgIpc) is 2.95. The monoisotopic (exact) mass is 364 g/mol. The number of amides is 1. The summed E-state index contributed by atoms with van der Waals surface area (Å²) in [6, 6.07) is 8.56. The lowest BCUT2D eigenvalue weighted by Gasteiger charge is -2.35. The van der Waals surface area contributed by atoms with Gasteiger partial charge in [-0.1, -0.05) is 31.2 Å². The smallest absolute Gasteiger partial charge is 0.227 e. The van der Waals surface area contributed by atoms with Gasteiger partial charge in [-0.25, -0.2) is 9.97 Å². The van der Waals surface area contributed by atoms with Gasteiger partial charge in [0, 0.05) is 55.7 Å². The summed E-state index contributed by atoms with van der Waals surface area (Å²) in [5.41, 5.74) is 3.38. The van der Waals surface area contributed by atoms with Crippen molar-refractivity contribution >= 4 is 5.91 Å². The molecule has 2 aromatic rings. The third-order valence-corrected chi connectivity index (χ3v) is 5.83. The fraction of sp³-hybridized carbons (Fsp3) is 0.500. The van der Waals surface area contributed by atoms with Crippen LogP contribution in [0.4, 0.5) is 0 Å². The number of aryl methyl sites for hydroxylation is 1. The van der Waals surface area contributed by atoms with Gasteiger partial charge in [0.05, 0.1) is 5.92 Å². The molecule has 3 aliphatic heterocycles. The zero-order valence-corrected chi connectivity index (χ0v) is 16.3. The second-order valence-corrected chi connectivity index (χ2v) is 7.88. The highest BCUT2D eigenvalue weighted by molar-refractivity contribution is 5.80. The summed E-state index contributed by atoms with van der Waals surface area (Å²) >= 11 is 0. The van der Waals surface area contributed by atoms with E-state index in [4.69, 9.17) is 0 Å². The second-order valence-electron chi connectivity index (χ2n) is 7.88. The van der Waals surface area contributed by atoms with Crippen LogP contribution >= 0.6 is 0 Å². The third-order valence-electron chi connectivity index (χ3n) is 5.83. The van der Waals surface area contributed by atoms with Crippen molar-refractivity contribution in [2.45, 2.75) is 45.7 Å². The lowest BCUT2D eigenvalue weighted by molar-refractivity contribution is -0.139. The molecule has 142 valence electrons. The molecule has 3 aliphatic rings. The van der Waals surface area contributed by atoms with Crippen LogP contribution < -0.4 is 0 Å². The Hall–Kier alpha value is -2.27. The highest BCUT2D eigenvalue weighted by Gasteiger charge is 2.39. The molecule has 0 N–H and O–H groups in total. The first-order chi connectivity index (χ1) is 13.2. The fourth-order valence-electron chi connectivity index (χ4n) is 4.45. The summed E-state index contributed by atoms with van der Waals surface area (Å²) in [5.74, 6) is 1.29. The van der Waals surface area contributed by atoms with Crippen LogP contribution in [-0.4, -0.2) is 51.4 Å². The van der Waals surface area contributed by atoms with Gasteiger partial charge in [-0.15, -0.1) is 0 Å². The standard InChI is InChI=1S/C22H28N4O/c1-3-10-26-19-9-8-18(22(26)27)14-25(15-19)13-17-11-23-21(24-12-17)20-7-5-4-6-16(20)2/h4-7,11-12,18-19H,3,8-10,13-15H2,1-2H3/t18-,19+/m0/s1. The van der Waals surface area contributed by atoms with Gasteiger partial charge in [-0.3, -0.25) is 9.69 Å². The van der Waals surface area contributed by atoms with E-state index in [1.54, 1.807) is 0 Å². The Morgan fingerprint density at radius 1 is 1.11 bits per heavy atom. The number of aromatic nitrogens is 2. The van der Waals surface area contributed by atoms with E-state index in [2.05, 4.69) is 45.7 Å². The summed E-state index contributed by atoms with van der Waals surface area (Å²) < 4.78 is 0. The van der Waals surface area contributed by atoms with Crippen LogP contribution in [0.15, 0.2) is 36.7 Å². The molecule has 0 spiro atoms. The van der Waals surface area contributed by atoms with Crippen molar-refractivity contribution in [3.05, 3.63) is 47.8 Å². The molecule has 0 unspecified atom stereocenters. The van der Waals surface area contributed by atoms with Crippen LogP contribution in [0.25, 0.3) is 11.4 Å². The lowest BCUT2D eigenvalue weighted by Crippen LogP contribution is -2.48. The predicted octanol–water partition coefficient (Wildman–Crippen LogP) is 3.28. The van der Waals surface area contributed by atoms with Gasteiger partial charge in [-0.2, -0.15) is 0 Å². The average molecular weight is 364 g/mol. The number of hydrogen-bond acceptors (Lipinski definition) is 4. The summed E-state index contributed by atoms with van der Waals surface area (Å²) in [5, 5.41) is 0. The molecule has 2 atom stereocenters. The number of benzene rings is 1. The molecule has 1 amide bonds. The summed E-state index contributed by atoms with van der Waals surface area (Å²) in [6.45, 7) is 7.75. The number of carbonyl (C=O) groups excluding carboxylic acids is 1. The number of hydrogen-bond donors (Lipinski definition) is 0. The van der Waals surface area contributed by atoms with Gasteiger partial charge in [0.1, 0.15) is 0 Å². The van der Waals surface area contributed by atoms with E-state index in [0.29, 0.717) is 11.9 Å². The van der Waals surface area contributed by atoms with Crippen LogP contribution in [0.1, 0.15) is 37.3 Å². The molecular formula is C22H28N4O. The topological polar surface area (TPSA) is 49.3 Å². The van der Waals surface area contributed by atoms with E-state index in [0.717, 1.165) is 62.4 Å². The number of fused-ring (bicyclic) bond motifs is 4. The molecule has 0 aliphatic carbocycles. The van der Waals surface area contributed by atoms with E-state index < -0.39 is 0 Å². The molecule has 1 aromatic heterocycles. The maximum absolute atomic E-state index is 12.7. The van der Waals surface area contributed by atoms with E-state index in [1.807, 2.05) is 24.5 Å². The highest BCUT2D eigenvalue weighted by Crippen LogP contribution is 2.30. The van der Waals surface area contributed by atoms with Crippen LogP contribution in [0.5, 0.6) is 0 Å². The minimum Gasteiger partial charge on any atom is -0.338 e. The van der Waals surface area contributed by atoms with Crippen molar-refractivity contribution < 1.29 is 4.79 Å². The Balaban J connectivity index is 1.47. The molecular weight excluding hydrogens is 336 g/mol. The highest BCUT2D eigenvalue weighted by atomic mass is 16.2. The molecule has 1 aromatic carbocycles. The minimum atomic E-state index is 0.155. The molecule has 2 bridgehead atoms. The van der Waals surface area contributed by atoms with Crippen molar-refractivity contribution in [3.8, 4) is 11.4 Å². The van der Waals surface area contributed by atoms with Crippen molar-refractivity contribution in [1.29, 1.82) is 0 Å². The van der Waals surface area contributed by atoms with E-state index in [1.165, 1.54) is 5.56 Å². The first kappa shape index (κ1) is 18.1. The molecule has 5 nitrogen and oxygen atoms in total. The Morgan fingerprint density at radius 2 is 1.89 bits per heavy atom. The number of nitrogens with zero attached hydrogens (tertiary/aromatic N) is 4. The Kier molecular flexibility index (Phi) is 5.21. The van der Waals surface area contributed by atoms with E-state index in [9.17, 15) is 4.79 Å². The summed E-state index contributed by atoms with van der Waals surface area (Å²) in [7, 11) is 0. The fourth-order valence-corrected chi connectivity index (χ4v) is 4.45. The second kappa shape index (κ2) is 7.77. The lowest BCUT2D eigenvalue weighted by atomic mass is 9.94. The first-order valence-corrected chi connectivity index (χ1v) is 10.1. The maximum atomic E-state index is 12.7. The molecule has 27 heavy (non-hydrogen) atoms. The van der Waals surface area contributed by atoms with Crippen LogP contribution in [-0.2, 0) is 11.3 Å². The van der Waals surface area contributed by atoms with Crippen molar-refractivity contribution in [1.82, 2.24) is 19.8 Å². The molecule has 0 radical (unpaired) electrons. The van der Waals surface area contributed by atoms with E-state index in [-0.39, 0.29) is 5.92 Å². The van der Waals surface area contributed by atoms with Gasteiger partial charge in [-0.05, 0) is 31.7 Å². The Labute approximate surface area is 161 Å². The number of carbonyl (C=O) groups is 1.